The molecule has 1 saturated heterocycles. The zero-order valence-corrected chi connectivity index (χ0v) is 19.6. The summed E-state index contributed by atoms with van der Waals surface area (Å²) >= 11 is 1.49. The van der Waals surface area contributed by atoms with Crippen LogP contribution in [0.2, 0.25) is 0 Å². The molecule has 0 spiro atoms. The summed E-state index contributed by atoms with van der Waals surface area (Å²) in [5.41, 5.74) is 4.52. The van der Waals surface area contributed by atoms with Crippen LogP contribution in [0.1, 0.15) is 29.9 Å². The summed E-state index contributed by atoms with van der Waals surface area (Å²) < 4.78 is 0. The highest BCUT2D eigenvalue weighted by Gasteiger charge is 2.39. The van der Waals surface area contributed by atoms with Crippen molar-refractivity contribution in [2.45, 2.75) is 19.3 Å². The Morgan fingerprint density at radius 3 is 1.82 bits per heavy atom. The summed E-state index contributed by atoms with van der Waals surface area (Å²) in [7, 11) is 2.76. The highest BCUT2D eigenvalue weighted by atomic mass is 32.1. The number of hydrogen-bond acceptors (Lipinski definition) is 5. The molecule has 2 aromatic carbocycles. The fourth-order valence-corrected chi connectivity index (χ4v) is 5.54. The summed E-state index contributed by atoms with van der Waals surface area (Å²) in [6.45, 7) is 4.47. The lowest BCUT2D eigenvalue weighted by atomic mass is 9.74. The molecule has 0 N–H and O–H groups in total. The van der Waals surface area contributed by atoms with Crippen molar-refractivity contribution in [3.05, 3.63) is 82.2 Å². The van der Waals surface area contributed by atoms with E-state index < -0.39 is 17.8 Å². The number of amides is 4. The number of likely N-dealkylation sites (N-methyl/N-ethyl adjacent to an activating group) is 2. The van der Waals surface area contributed by atoms with Gasteiger partial charge >= 0.3 is 6.03 Å². The Balaban J connectivity index is 1.61. The van der Waals surface area contributed by atoms with Crippen molar-refractivity contribution in [2.24, 2.45) is 0 Å². The van der Waals surface area contributed by atoms with Gasteiger partial charge in [0, 0.05) is 24.4 Å². The van der Waals surface area contributed by atoms with E-state index in [4.69, 9.17) is 0 Å². The van der Waals surface area contributed by atoms with Crippen LogP contribution < -0.4 is 4.90 Å². The minimum atomic E-state index is -0.627. The number of carbonyl (C=O) groups is 3. The van der Waals surface area contributed by atoms with E-state index >= 15 is 0 Å². The number of urea groups is 1. The molecule has 0 atom stereocenters. The largest absolute Gasteiger partial charge is 0.333 e. The van der Waals surface area contributed by atoms with Gasteiger partial charge in [0.1, 0.15) is 10.6 Å². The molecule has 0 radical (unpaired) electrons. The van der Waals surface area contributed by atoms with Crippen LogP contribution in [-0.2, 0) is 15.0 Å². The number of rotatable bonds is 2. The standard InChI is InChI=1S/C26H23N3O3S/c1-26(2)18-9-5-7-11-20(18)29(21-12-8-6-10-19(21)26)22-14-13-16(33-22)15-17-23(30)27(3)25(32)28(4)24(17)31/h5-15H,1-4H3. The molecule has 1 aromatic heterocycles. The maximum Gasteiger partial charge on any atom is 0.333 e. The Bertz CT molecular complexity index is 1280. The van der Waals surface area contributed by atoms with Gasteiger partial charge in [-0.15, -0.1) is 11.3 Å². The average Bonchev–Trinajstić information content (AvgIpc) is 3.28. The number of para-hydroxylation sites is 2. The molecule has 2 aliphatic rings. The summed E-state index contributed by atoms with van der Waals surface area (Å²) in [6, 6.07) is 20.0. The van der Waals surface area contributed by atoms with Gasteiger partial charge in [0.05, 0.1) is 11.4 Å². The van der Waals surface area contributed by atoms with E-state index in [1.807, 2.05) is 24.3 Å². The third kappa shape index (κ3) is 3.11. The zero-order chi connectivity index (χ0) is 23.5. The summed E-state index contributed by atoms with van der Waals surface area (Å²) in [5, 5.41) is 0.978. The second-order valence-corrected chi connectivity index (χ2v) is 9.83. The second-order valence-electron chi connectivity index (χ2n) is 8.74. The first-order chi connectivity index (χ1) is 15.7. The SMILES string of the molecule is CN1C(=O)C(=Cc2ccc(N3c4ccccc4C(C)(C)c4ccccc43)s2)C(=O)N(C)C1=O. The van der Waals surface area contributed by atoms with Crippen LogP contribution in [0.3, 0.4) is 0 Å². The summed E-state index contributed by atoms with van der Waals surface area (Å²) in [5.74, 6) is -1.18. The molecule has 7 heteroatoms. The van der Waals surface area contributed by atoms with Crippen LogP contribution in [0.15, 0.2) is 66.2 Å². The Kier molecular flexibility index (Phi) is 4.76. The van der Waals surface area contributed by atoms with Crippen LogP contribution in [-0.4, -0.2) is 41.7 Å². The fraction of sp³-hybridized carbons (Fsp3) is 0.192. The fourth-order valence-electron chi connectivity index (χ4n) is 4.56. The van der Waals surface area contributed by atoms with Crippen molar-refractivity contribution in [2.75, 3.05) is 19.0 Å². The quantitative estimate of drug-likeness (QED) is 0.387. The van der Waals surface area contributed by atoms with Gasteiger partial charge in [-0.1, -0.05) is 50.2 Å². The van der Waals surface area contributed by atoms with Gasteiger partial charge in [-0.3, -0.25) is 19.4 Å². The molecular weight excluding hydrogens is 434 g/mol. The predicted octanol–water partition coefficient (Wildman–Crippen LogP) is 5.29. The van der Waals surface area contributed by atoms with E-state index in [0.29, 0.717) is 0 Å². The molecule has 0 unspecified atom stereocenters. The van der Waals surface area contributed by atoms with Crippen LogP contribution in [0, 0.1) is 0 Å². The van der Waals surface area contributed by atoms with Crippen molar-refractivity contribution in [3.63, 3.8) is 0 Å². The maximum atomic E-state index is 12.6. The zero-order valence-electron chi connectivity index (χ0n) is 18.8. The van der Waals surface area contributed by atoms with Crippen LogP contribution in [0.4, 0.5) is 21.2 Å². The van der Waals surface area contributed by atoms with Crippen molar-refractivity contribution in [1.82, 2.24) is 9.80 Å². The Labute approximate surface area is 196 Å². The third-order valence-corrected chi connectivity index (χ3v) is 7.42. The Morgan fingerprint density at radius 1 is 0.758 bits per heavy atom. The van der Waals surface area contributed by atoms with Gasteiger partial charge in [-0.05, 0) is 41.5 Å². The van der Waals surface area contributed by atoms with E-state index in [1.165, 1.54) is 36.6 Å². The van der Waals surface area contributed by atoms with Crippen molar-refractivity contribution in [3.8, 4) is 0 Å². The van der Waals surface area contributed by atoms with E-state index in [2.05, 4.69) is 55.1 Å². The van der Waals surface area contributed by atoms with E-state index in [1.54, 1.807) is 6.08 Å². The first-order valence-corrected chi connectivity index (χ1v) is 11.4. The molecule has 3 heterocycles. The molecule has 3 aromatic rings. The highest BCUT2D eigenvalue weighted by Crippen LogP contribution is 2.52. The lowest BCUT2D eigenvalue weighted by Gasteiger charge is -2.41. The summed E-state index contributed by atoms with van der Waals surface area (Å²) in [4.78, 5) is 42.1. The van der Waals surface area contributed by atoms with Crippen molar-refractivity contribution < 1.29 is 14.4 Å². The first-order valence-electron chi connectivity index (χ1n) is 10.6. The molecule has 5 rings (SSSR count). The number of nitrogens with zero attached hydrogens (tertiary/aromatic N) is 3. The topological polar surface area (TPSA) is 60.9 Å². The first kappa shape index (κ1) is 21.2. The smallest absolute Gasteiger partial charge is 0.301 e. The molecule has 0 saturated carbocycles. The molecule has 166 valence electrons. The van der Waals surface area contributed by atoms with Crippen LogP contribution in [0.5, 0.6) is 0 Å². The molecule has 33 heavy (non-hydrogen) atoms. The molecule has 0 bridgehead atoms. The van der Waals surface area contributed by atoms with Gasteiger partial charge in [-0.25, -0.2) is 4.79 Å². The van der Waals surface area contributed by atoms with Gasteiger partial charge in [0.25, 0.3) is 11.8 Å². The number of imide groups is 2. The van der Waals surface area contributed by atoms with E-state index in [-0.39, 0.29) is 11.0 Å². The van der Waals surface area contributed by atoms with E-state index in [0.717, 1.165) is 31.1 Å². The lowest BCUT2D eigenvalue weighted by molar-refractivity contribution is -0.134. The minimum Gasteiger partial charge on any atom is -0.301 e. The molecule has 0 aliphatic carbocycles. The molecule has 4 amide bonds. The molecular formula is C26H23N3O3S. The number of carbonyl (C=O) groups excluding carboxylic acids is 3. The Hall–Kier alpha value is -3.71. The number of anilines is 3. The molecule has 1 fully saturated rings. The van der Waals surface area contributed by atoms with Gasteiger partial charge in [0.2, 0.25) is 0 Å². The van der Waals surface area contributed by atoms with Gasteiger partial charge < -0.3 is 4.90 Å². The molecule has 6 nitrogen and oxygen atoms in total. The highest BCUT2D eigenvalue weighted by molar-refractivity contribution is 7.17. The predicted molar refractivity (Wildman–Crippen MR) is 130 cm³/mol. The number of fused-ring (bicyclic) bond motifs is 2. The second kappa shape index (κ2) is 7.42. The van der Waals surface area contributed by atoms with Crippen LogP contribution in [0.25, 0.3) is 6.08 Å². The van der Waals surface area contributed by atoms with Gasteiger partial charge in [0.15, 0.2) is 0 Å². The van der Waals surface area contributed by atoms with E-state index in [9.17, 15) is 14.4 Å². The average molecular weight is 458 g/mol. The molecule has 2 aliphatic heterocycles. The van der Waals surface area contributed by atoms with Gasteiger partial charge in [-0.2, -0.15) is 0 Å². The minimum absolute atomic E-state index is 0.0198. The third-order valence-electron chi connectivity index (χ3n) is 6.40. The van der Waals surface area contributed by atoms with Crippen LogP contribution >= 0.6 is 11.3 Å². The monoisotopic (exact) mass is 457 g/mol. The van der Waals surface area contributed by atoms with Crippen molar-refractivity contribution >= 4 is 51.6 Å². The number of benzene rings is 2. The Morgan fingerprint density at radius 2 is 1.27 bits per heavy atom. The maximum absolute atomic E-state index is 12.6. The summed E-state index contributed by atoms with van der Waals surface area (Å²) in [6.07, 6.45) is 1.57. The van der Waals surface area contributed by atoms with Crippen molar-refractivity contribution in [1.29, 1.82) is 0 Å². The lowest BCUT2D eigenvalue weighted by Crippen LogP contribution is -2.52. The number of hydrogen-bond donors (Lipinski definition) is 0. The number of barbiturate groups is 1. The number of thiophene rings is 1. The normalized spacial score (nSPS) is 17.3.